The van der Waals surface area contributed by atoms with Crippen LogP contribution in [0.25, 0.3) is 58.8 Å². The summed E-state index contributed by atoms with van der Waals surface area (Å²) in [6, 6.07) is 59.9. The topological polar surface area (TPSA) is 8.17 Å². The zero-order valence-electron chi connectivity index (χ0n) is 30.7. The molecule has 9 aromatic rings. The molecule has 0 aliphatic heterocycles. The minimum atomic E-state index is 0.122. The molecular formula is C52H40N2S. The number of fused-ring (bicyclic) bond motifs is 9. The fourth-order valence-electron chi connectivity index (χ4n) is 12.5. The van der Waals surface area contributed by atoms with Gasteiger partial charge in [0.25, 0.3) is 0 Å². The molecule has 2 heterocycles. The molecule has 3 heteroatoms. The summed E-state index contributed by atoms with van der Waals surface area (Å²) in [4.78, 5) is 2.53. The minimum Gasteiger partial charge on any atom is -0.310 e. The summed E-state index contributed by atoms with van der Waals surface area (Å²) >= 11 is 1.90. The van der Waals surface area contributed by atoms with E-state index >= 15 is 0 Å². The zero-order valence-corrected chi connectivity index (χ0v) is 31.5. The van der Waals surface area contributed by atoms with Crippen LogP contribution in [0, 0.1) is 23.7 Å². The summed E-state index contributed by atoms with van der Waals surface area (Å²) in [7, 11) is 0. The maximum atomic E-state index is 2.63. The first-order chi connectivity index (χ1) is 27.2. The molecule has 0 radical (unpaired) electrons. The van der Waals surface area contributed by atoms with Crippen LogP contribution in [0.5, 0.6) is 0 Å². The maximum absolute atomic E-state index is 2.63. The van der Waals surface area contributed by atoms with E-state index in [1.54, 1.807) is 11.1 Å². The lowest BCUT2D eigenvalue weighted by molar-refractivity contribution is -0.0399. The summed E-state index contributed by atoms with van der Waals surface area (Å²) in [5.74, 6) is 3.31. The van der Waals surface area contributed by atoms with Crippen LogP contribution < -0.4 is 4.90 Å². The molecule has 1 spiro atoms. The van der Waals surface area contributed by atoms with Crippen molar-refractivity contribution in [3.05, 3.63) is 169 Å². The number of thiophene rings is 1. The third kappa shape index (κ3) is 4.14. The second-order valence-corrected chi connectivity index (χ2v) is 18.0. The standard InChI is InChI=1S/C52H40N2S/c1-5-13-46-40(9-1)41-23-21-38(30-47(41)52(46)34-26-32-25-33(28-34)29-35(52)27-32)53(39-22-24-45-44-12-4-8-16-50(44)55-51(45)31-39)36-17-19-37(20-18-36)54-48-14-6-2-10-42(48)43-11-3-7-15-49(43)54/h1-24,30-35H,25-29H2. The summed E-state index contributed by atoms with van der Waals surface area (Å²) in [5.41, 5.74) is 13.6. The maximum Gasteiger partial charge on any atom is 0.0541 e. The van der Waals surface area contributed by atoms with Crippen molar-refractivity contribution in [3.8, 4) is 16.8 Å². The van der Waals surface area contributed by atoms with Crippen molar-refractivity contribution in [2.75, 3.05) is 4.90 Å². The summed E-state index contributed by atoms with van der Waals surface area (Å²) < 4.78 is 5.10. The highest BCUT2D eigenvalue weighted by Gasteiger charge is 2.61. The fourth-order valence-corrected chi connectivity index (χ4v) is 13.7. The van der Waals surface area contributed by atoms with Crippen LogP contribution >= 0.6 is 11.3 Å². The van der Waals surface area contributed by atoms with Gasteiger partial charge in [0.1, 0.15) is 0 Å². The van der Waals surface area contributed by atoms with Crippen LogP contribution in [0.1, 0.15) is 43.2 Å². The van der Waals surface area contributed by atoms with Crippen molar-refractivity contribution in [1.82, 2.24) is 4.57 Å². The molecule has 2 nitrogen and oxygen atoms in total. The Morgan fingerprint density at radius 2 is 1.02 bits per heavy atom. The quantitative estimate of drug-likeness (QED) is 0.175. The van der Waals surface area contributed by atoms with Gasteiger partial charge in [-0.1, -0.05) is 91.0 Å². The molecule has 0 unspecified atom stereocenters. The Hall–Kier alpha value is -5.64. The Morgan fingerprint density at radius 3 is 1.76 bits per heavy atom. The van der Waals surface area contributed by atoms with Gasteiger partial charge in [0.05, 0.1) is 11.0 Å². The van der Waals surface area contributed by atoms with Gasteiger partial charge in [-0.15, -0.1) is 11.3 Å². The number of para-hydroxylation sites is 2. The van der Waals surface area contributed by atoms with Gasteiger partial charge in [-0.25, -0.2) is 0 Å². The molecule has 4 saturated carbocycles. The Morgan fingerprint density at radius 1 is 0.455 bits per heavy atom. The predicted octanol–water partition coefficient (Wildman–Crippen LogP) is 14.3. The molecule has 4 fully saturated rings. The Labute approximate surface area is 325 Å². The van der Waals surface area contributed by atoms with E-state index in [2.05, 4.69) is 167 Å². The van der Waals surface area contributed by atoms with Crippen LogP contribution in [0.3, 0.4) is 0 Å². The molecule has 5 aliphatic rings. The van der Waals surface area contributed by atoms with E-state index in [0.29, 0.717) is 0 Å². The number of hydrogen-bond donors (Lipinski definition) is 0. The molecule has 2 aromatic heterocycles. The van der Waals surface area contributed by atoms with Gasteiger partial charge in [-0.2, -0.15) is 0 Å². The molecule has 264 valence electrons. The minimum absolute atomic E-state index is 0.122. The van der Waals surface area contributed by atoms with Crippen molar-refractivity contribution < 1.29 is 0 Å². The van der Waals surface area contributed by atoms with Crippen LogP contribution in [-0.4, -0.2) is 4.57 Å². The fraction of sp³-hybridized carbons (Fsp3) is 0.192. The molecular weight excluding hydrogens is 685 g/mol. The largest absolute Gasteiger partial charge is 0.310 e. The van der Waals surface area contributed by atoms with Gasteiger partial charge in [-0.05, 0) is 145 Å². The highest BCUT2D eigenvalue weighted by atomic mass is 32.1. The molecule has 0 saturated heterocycles. The number of rotatable bonds is 4. The lowest BCUT2D eigenvalue weighted by Crippen LogP contribution is -2.55. The SMILES string of the molecule is c1ccc2c(c1)-c1ccc(N(c3ccc(-n4c5ccccc5c5ccccc54)cc3)c3ccc4c(c3)sc3ccccc34)cc1C21C2CC3CC(C2)CC1C3. The first-order valence-corrected chi connectivity index (χ1v) is 21.1. The zero-order chi connectivity index (χ0) is 35.8. The van der Waals surface area contributed by atoms with E-state index in [-0.39, 0.29) is 5.41 Å². The molecule has 7 aromatic carbocycles. The van der Waals surface area contributed by atoms with Crippen LogP contribution in [-0.2, 0) is 5.41 Å². The van der Waals surface area contributed by atoms with Crippen molar-refractivity contribution in [2.24, 2.45) is 23.7 Å². The number of benzene rings is 7. The first-order valence-electron chi connectivity index (χ1n) is 20.3. The molecule has 0 N–H and O–H groups in total. The lowest BCUT2D eigenvalue weighted by Gasteiger charge is -2.61. The van der Waals surface area contributed by atoms with Gasteiger partial charge in [0.2, 0.25) is 0 Å². The predicted molar refractivity (Wildman–Crippen MR) is 232 cm³/mol. The van der Waals surface area contributed by atoms with E-state index in [4.69, 9.17) is 0 Å². The van der Waals surface area contributed by atoms with Crippen molar-refractivity contribution in [1.29, 1.82) is 0 Å². The second kappa shape index (κ2) is 11.2. The van der Waals surface area contributed by atoms with E-state index in [9.17, 15) is 0 Å². The third-order valence-electron chi connectivity index (χ3n) is 14.4. The summed E-state index contributed by atoms with van der Waals surface area (Å²) in [6.45, 7) is 0. The van der Waals surface area contributed by atoms with Crippen molar-refractivity contribution in [2.45, 2.75) is 37.5 Å². The highest BCUT2D eigenvalue weighted by Crippen LogP contribution is 2.69. The molecule has 4 bridgehead atoms. The molecule has 14 rings (SSSR count). The molecule has 0 atom stereocenters. The lowest BCUT2D eigenvalue weighted by atomic mass is 9.43. The number of aromatic nitrogens is 1. The van der Waals surface area contributed by atoms with Gasteiger partial charge < -0.3 is 9.47 Å². The summed E-state index contributed by atoms with van der Waals surface area (Å²) in [6.07, 6.45) is 7.03. The first kappa shape index (κ1) is 30.7. The van der Waals surface area contributed by atoms with Gasteiger partial charge in [0.15, 0.2) is 0 Å². The molecule has 0 amide bonds. The number of nitrogens with zero attached hydrogens (tertiary/aromatic N) is 2. The smallest absolute Gasteiger partial charge is 0.0541 e. The summed E-state index contributed by atoms with van der Waals surface area (Å²) in [5, 5.41) is 5.26. The van der Waals surface area contributed by atoms with E-state index in [1.165, 1.54) is 108 Å². The van der Waals surface area contributed by atoms with Crippen molar-refractivity contribution in [3.63, 3.8) is 0 Å². The highest BCUT2D eigenvalue weighted by molar-refractivity contribution is 7.25. The van der Waals surface area contributed by atoms with Crippen LogP contribution in [0.15, 0.2) is 158 Å². The Bertz CT molecular complexity index is 2940. The Kier molecular flexibility index (Phi) is 6.25. The average Bonchev–Trinajstić information content (AvgIpc) is 3.86. The average molecular weight is 725 g/mol. The number of anilines is 3. The van der Waals surface area contributed by atoms with E-state index in [0.717, 1.165) is 23.7 Å². The molecule has 55 heavy (non-hydrogen) atoms. The normalized spacial score (nSPS) is 23.3. The van der Waals surface area contributed by atoms with Gasteiger partial charge in [0, 0.05) is 59.1 Å². The third-order valence-corrected chi connectivity index (χ3v) is 15.5. The van der Waals surface area contributed by atoms with E-state index < -0.39 is 0 Å². The Balaban J connectivity index is 1.01. The second-order valence-electron chi connectivity index (χ2n) is 16.9. The monoisotopic (exact) mass is 724 g/mol. The van der Waals surface area contributed by atoms with Crippen molar-refractivity contribution >= 4 is 70.4 Å². The van der Waals surface area contributed by atoms with Crippen LogP contribution in [0.4, 0.5) is 17.1 Å². The van der Waals surface area contributed by atoms with E-state index in [1.807, 2.05) is 11.3 Å². The van der Waals surface area contributed by atoms with Gasteiger partial charge in [-0.3, -0.25) is 0 Å². The molecule has 5 aliphatic carbocycles. The van der Waals surface area contributed by atoms with Gasteiger partial charge >= 0.3 is 0 Å². The van der Waals surface area contributed by atoms with Crippen LogP contribution in [0.2, 0.25) is 0 Å². The number of hydrogen-bond acceptors (Lipinski definition) is 2.